The zero-order valence-electron chi connectivity index (χ0n) is 12.6. The number of halogens is 1. The zero-order chi connectivity index (χ0) is 15.8. The number of likely N-dealkylation sites (N-methyl/N-ethyl adjacent to an activating group) is 1. The second-order valence-electron chi connectivity index (χ2n) is 4.83. The monoisotopic (exact) mass is 296 g/mol. The van der Waals surface area contributed by atoms with Crippen LogP contribution in [0.1, 0.15) is 29.3 Å². The second-order valence-corrected chi connectivity index (χ2v) is 4.83. The highest BCUT2D eigenvalue weighted by Gasteiger charge is 2.13. The van der Waals surface area contributed by atoms with Crippen LogP contribution in [0, 0.1) is 5.82 Å². The van der Waals surface area contributed by atoms with E-state index in [0.717, 1.165) is 6.42 Å². The predicted molar refractivity (Wildman–Crippen MR) is 77.4 cm³/mol. The summed E-state index contributed by atoms with van der Waals surface area (Å²) in [5.41, 5.74) is 0.593. The molecule has 1 amide bonds. The molecule has 0 aromatic heterocycles. The van der Waals surface area contributed by atoms with Gasteiger partial charge < -0.3 is 10.1 Å². The lowest BCUT2D eigenvalue weighted by Gasteiger charge is -2.16. The molecule has 1 rings (SSSR count). The Morgan fingerprint density at radius 3 is 2.67 bits per heavy atom. The fraction of sp³-hybridized carbons (Fsp3) is 0.467. The number of nitrogens with zero attached hydrogens (tertiary/aromatic N) is 1. The molecular formula is C15H21FN2O3. The number of ether oxygens (including phenoxy) is 1. The van der Waals surface area contributed by atoms with Gasteiger partial charge in [-0.2, -0.15) is 0 Å². The van der Waals surface area contributed by atoms with Gasteiger partial charge in [0.15, 0.2) is 0 Å². The maximum Gasteiger partial charge on any atom is 0.340 e. The zero-order valence-corrected chi connectivity index (χ0v) is 12.6. The van der Waals surface area contributed by atoms with E-state index in [1.165, 1.54) is 19.2 Å². The lowest BCUT2D eigenvalue weighted by atomic mass is 10.1. The summed E-state index contributed by atoms with van der Waals surface area (Å²) in [7, 11) is 2.98. The molecular weight excluding hydrogens is 275 g/mol. The second kappa shape index (κ2) is 8.36. The average Bonchev–Trinajstić information content (AvgIpc) is 2.44. The van der Waals surface area contributed by atoms with E-state index in [0.29, 0.717) is 18.7 Å². The molecule has 0 heterocycles. The Kier molecular flexibility index (Phi) is 6.81. The maximum absolute atomic E-state index is 13.8. The van der Waals surface area contributed by atoms with E-state index in [9.17, 15) is 14.0 Å². The summed E-state index contributed by atoms with van der Waals surface area (Å²) in [4.78, 5) is 24.6. The van der Waals surface area contributed by atoms with E-state index in [1.807, 2.05) is 6.92 Å². The molecule has 0 atom stereocenters. The van der Waals surface area contributed by atoms with Gasteiger partial charge in [0.1, 0.15) is 5.82 Å². The molecule has 21 heavy (non-hydrogen) atoms. The van der Waals surface area contributed by atoms with Gasteiger partial charge in [-0.15, -0.1) is 0 Å². The molecule has 0 spiro atoms. The van der Waals surface area contributed by atoms with Crippen molar-refractivity contribution in [2.45, 2.75) is 19.9 Å². The number of rotatable bonds is 7. The Morgan fingerprint density at radius 2 is 2.10 bits per heavy atom. The van der Waals surface area contributed by atoms with Gasteiger partial charge in [-0.3, -0.25) is 9.69 Å². The van der Waals surface area contributed by atoms with Crippen LogP contribution in [0.3, 0.4) is 0 Å². The summed E-state index contributed by atoms with van der Waals surface area (Å²) in [5.74, 6) is -1.39. The Hall–Kier alpha value is -1.95. The molecule has 0 bridgehead atoms. The Bertz CT molecular complexity index is 506. The van der Waals surface area contributed by atoms with Crippen molar-refractivity contribution in [3.05, 3.63) is 35.1 Å². The van der Waals surface area contributed by atoms with Gasteiger partial charge in [0.05, 0.1) is 19.2 Å². The van der Waals surface area contributed by atoms with E-state index < -0.39 is 11.8 Å². The molecule has 0 aliphatic rings. The fourth-order valence-corrected chi connectivity index (χ4v) is 1.87. The summed E-state index contributed by atoms with van der Waals surface area (Å²) < 4.78 is 18.3. The van der Waals surface area contributed by atoms with Crippen LogP contribution in [-0.2, 0) is 16.1 Å². The topological polar surface area (TPSA) is 58.6 Å². The first-order valence-electron chi connectivity index (χ1n) is 6.80. The van der Waals surface area contributed by atoms with Crippen molar-refractivity contribution in [1.29, 1.82) is 0 Å². The minimum absolute atomic E-state index is 0.0639. The van der Waals surface area contributed by atoms with Crippen LogP contribution in [0.4, 0.5) is 4.39 Å². The van der Waals surface area contributed by atoms with Crippen LogP contribution in [0.5, 0.6) is 0 Å². The molecule has 0 aliphatic carbocycles. The molecule has 0 aliphatic heterocycles. The van der Waals surface area contributed by atoms with Gasteiger partial charge in [-0.1, -0.05) is 13.0 Å². The quantitative estimate of drug-likeness (QED) is 0.776. The van der Waals surface area contributed by atoms with E-state index >= 15 is 0 Å². The first-order chi connectivity index (χ1) is 9.97. The van der Waals surface area contributed by atoms with Crippen LogP contribution in [0.25, 0.3) is 0 Å². The van der Waals surface area contributed by atoms with Crippen LogP contribution in [0.15, 0.2) is 18.2 Å². The van der Waals surface area contributed by atoms with Gasteiger partial charge in [-0.25, -0.2) is 9.18 Å². The lowest BCUT2D eigenvalue weighted by Crippen LogP contribution is -2.35. The molecule has 1 aromatic carbocycles. The van der Waals surface area contributed by atoms with Crippen LogP contribution in [-0.4, -0.2) is 44.0 Å². The SMILES string of the molecule is CCCNC(=O)CN(C)Cc1ccc(C(=O)OC)c(F)c1. The van der Waals surface area contributed by atoms with E-state index in [2.05, 4.69) is 10.1 Å². The van der Waals surface area contributed by atoms with E-state index in [4.69, 9.17) is 0 Å². The van der Waals surface area contributed by atoms with Crippen molar-refractivity contribution in [1.82, 2.24) is 10.2 Å². The molecule has 0 radical (unpaired) electrons. The predicted octanol–water partition coefficient (Wildman–Crippen LogP) is 1.57. The third-order valence-electron chi connectivity index (χ3n) is 2.88. The van der Waals surface area contributed by atoms with Crippen LogP contribution < -0.4 is 5.32 Å². The normalized spacial score (nSPS) is 10.5. The first kappa shape index (κ1) is 17.1. The number of carbonyl (C=O) groups excluding carboxylic acids is 2. The summed E-state index contributed by atoms with van der Waals surface area (Å²) in [6.45, 7) is 3.28. The number of nitrogens with one attached hydrogen (secondary N) is 1. The number of amides is 1. The lowest BCUT2D eigenvalue weighted by molar-refractivity contribution is -0.122. The largest absolute Gasteiger partial charge is 0.465 e. The maximum atomic E-state index is 13.8. The molecule has 6 heteroatoms. The van der Waals surface area contributed by atoms with E-state index in [-0.39, 0.29) is 18.0 Å². The number of hydrogen-bond acceptors (Lipinski definition) is 4. The average molecular weight is 296 g/mol. The van der Waals surface area contributed by atoms with Gasteiger partial charge in [-0.05, 0) is 31.2 Å². The number of carbonyl (C=O) groups is 2. The third-order valence-corrected chi connectivity index (χ3v) is 2.88. The molecule has 5 nitrogen and oxygen atoms in total. The summed E-state index contributed by atoms with van der Waals surface area (Å²) >= 11 is 0. The van der Waals surface area contributed by atoms with Crippen molar-refractivity contribution < 1.29 is 18.7 Å². The van der Waals surface area contributed by atoms with E-state index in [1.54, 1.807) is 18.0 Å². The minimum Gasteiger partial charge on any atom is -0.465 e. The highest BCUT2D eigenvalue weighted by Crippen LogP contribution is 2.13. The summed E-state index contributed by atoms with van der Waals surface area (Å²) in [5, 5.41) is 2.78. The number of methoxy groups -OCH3 is 1. The smallest absolute Gasteiger partial charge is 0.340 e. The van der Waals surface area contributed by atoms with Gasteiger partial charge in [0.25, 0.3) is 0 Å². The highest BCUT2D eigenvalue weighted by atomic mass is 19.1. The van der Waals surface area contributed by atoms with Crippen molar-refractivity contribution in [3.63, 3.8) is 0 Å². The molecule has 0 unspecified atom stereocenters. The standard InChI is InChI=1S/C15H21FN2O3/c1-4-7-17-14(19)10-18(2)9-11-5-6-12(13(16)8-11)15(20)21-3/h5-6,8H,4,7,9-10H2,1-3H3,(H,17,19). The minimum atomic E-state index is -0.702. The van der Waals surface area contributed by atoms with Crippen molar-refractivity contribution in [3.8, 4) is 0 Å². The van der Waals surface area contributed by atoms with Crippen LogP contribution in [0.2, 0.25) is 0 Å². The molecule has 1 N–H and O–H groups in total. The summed E-state index contributed by atoms with van der Waals surface area (Å²) in [6, 6.07) is 4.32. The van der Waals surface area contributed by atoms with Gasteiger partial charge in [0.2, 0.25) is 5.91 Å². The molecule has 0 saturated heterocycles. The molecule has 0 fully saturated rings. The Labute approximate surface area is 124 Å². The number of hydrogen-bond donors (Lipinski definition) is 1. The summed E-state index contributed by atoms with van der Waals surface area (Å²) in [6.07, 6.45) is 0.885. The Balaban J connectivity index is 2.60. The van der Waals surface area contributed by atoms with Gasteiger partial charge >= 0.3 is 5.97 Å². The van der Waals surface area contributed by atoms with Crippen molar-refractivity contribution in [2.24, 2.45) is 0 Å². The highest BCUT2D eigenvalue weighted by molar-refractivity contribution is 5.89. The first-order valence-corrected chi connectivity index (χ1v) is 6.80. The number of esters is 1. The fourth-order valence-electron chi connectivity index (χ4n) is 1.87. The van der Waals surface area contributed by atoms with Crippen molar-refractivity contribution in [2.75, 3.05) is 27.2 Å². The molecule has 116 valence electrons. The molecule has 1 aromatic rings. The number of benzene rings is 1. The van der Waals surface area contributed by atoms with Gasteiger partial charge in [0, 0.05) is 13.1 Å². The Morgan fingerprint density at radius 1 is 1.38 bits per heavy atom. The third kappa shape index (κ3) is 5.51. The molecule has 0 saturated carbocycles. The van der Waals surface area contributed by atoms with Crippen LogP contribution >= 0.6 is 0 Å². The van der Waals surface area contributed by atoms with Crippen molar-refractivity contribution >= 4 is 11.9 Å².